The Hall–Kier alpha value is -0.0301. The molecule has 0 unspecified atom stereocenters. The monoisotopic (exact) mass is 160 g/mol. The van der Waals surface area contributed by atoms with Crippen LogP contribution in [-0.4, -0.2) is 34.3 Å². The third kappa shape index (κ3) is 9.97. The zero-order chi connectivity index (χ0) is 8.69. The van der Waals surface area contributed by atoms with Gasteiger partial charge < -0.3 is 20.1 Å². The van der Waals surface area contributed by atoms with E-state index in [0.29, 0.717) is 25.5 Å². The summed E-state index contributed by atoms with van der Waals surface area (Å²) in [6.45, 7) is 0. The largest absolute Gasteiger partial charge is 0.451 e. The smallest absolute Gasteiger partial charge is 0.427 e. The first-order valence-electron chi connectivity index (χ1n) is 3.85. The van der Waals surface area contributed by atoms with Crippen molar-refractivity contribution in [1.82, 2.24) is 0 Å². The number of unbranched alkanes of at least 4 members (excludes halogenated alkanes) is 2. The minimum Gasteiger partial charge on any atom is -0.427 e. The van der Waals surface area contributed by atoms with Gasteiger partial charge >= 0.3 is 14.2 Å². The summed E-state index contributed by atoms with van der Waals surface area (Å²) in [7, 11) is -2.46. The highest BCUT2D eigenvalue weighted by molar-refractivity contribution is 6.41. The first-order valence-corrected chi connectivity index (χ1v) is 3.85. The first kappa shape index (κ1) is 11.0. The van der Waals surface area contributed by atoms with Crippen LogP contribution in [0.25, 0.3) is 0 Å². The lowest BCUT2D eigenvalue weighted by Crippen LogP contribution is -2.11. The van der Waals surface area contributed by atoms with Crippen molar-refractivity contribution in [1.29, 1.82) is 0 Å². The molecular formula is C5H14B2O4. The summed E-state index contributed by atoms with van der Waals surface area (Å²) < 4.78 is 0. The van der Waals surface area contributed by atoms with Crippen LogP contribution < -0.4 is 0 Å². The SMILES string of the molecule is OB(O)CCCCCB(O)O. The lowest BCUT2D eigenvalue weighted by Gasteiger charge is -1.99. The Morgan fingerprint density at radius 2 is 1.00 bits per heavy atom. The van der Waals surface area contributed by atoms with Gasteiger partial charge in [-0.15, -0.1) is 0 Å². The highest BCUT2D eigenvalue weighted by Gasteiger charge is 2.07. The molecule has 0 bridgehead atoms. The fourth-order valence-electron chi connectivity index (χ4n) is 0.831. The van der Waals surface area contributed by atoms with Crippen molar-refractivity contribution in [3.8, 4) is 0 Å². The second-order valence-corrected chi connectivity index (χ2v) is 2.60. The molecule has 0 amide bonds. The van der Waals surface area contributed by atoms with Gasteiger partial charge in [0.1, 0.15) is 0 Å². The summed E-state index contributed by atoms with van der Waals surface area (Å²) in [6.07, 6.45) is 2.95. The summed E-state index contributed by atoms with van der Waals surface area (Å²) >= 11 is 0. The van der Waals surface area contributed by atoms with Crippen LogP contribution in [0.15, 0.2) is 0 Å². The van der Waals surface area contributed by atoms with Gasteiger partial charge in [0.05, 0.1) is 0 Å². The van der Waals surface area contributed by atoms with Crippen molar-refractivity contribution in [3.05, 3.63) is 0 Å². The van der Waals surface area contributed by atoms with Crippen molar-refractivity contribution in [2.24, 2.45) is 0 Å². The number of hydrogen-bond donors (Lipinski definition) is 4. The highest BCUT2D eigenvalue weighted by atomic mass is 16.4. The van der Waals surface area contributed by atoms with Crippen molar-refractivity contribution in [2.45, 2.75) is 31.9 Å². The van der Waals surface area contributed by atoms with Crippen LogP contribution in [0, 0.1) is 0 Å². The molecule has 11 heavy (non-hydrogen) atoms. The summed E-state index contributed by atoms with van der Waals surface area (Å²) in [5.41, 5.74) is 0. The van der Waals surface area contributed by atoms with E-state index in [2.05, 4.69) is 0 Å². The average Bonchev–Trinajstić information content (AvgIpc) is 1.85. The van der Waals surface area contributed by atoms with Crippen LogP contribution >= 0.6 is 0 Å². The summed E-state index contributed by atoms with van der Waals surface area (Å²) in [6, 6.07) is 0. The van der Waals surface area contributed by atoms with E-state index in [1.54, 1.807) is 0 Å². The molecule has 0 aromatic heterocycles. The lowest BCUT2D eigenvalue weighted by atomic mass is 9.80. The fourth-order valence-corrected chi connectivity index (χ4v) is 0.831. The van der Waals surface area contributed by atoms with Gasteiger partial charge in [0, 0.05) is 0 Å². The Morgan fingerprint density at radius 3 is 1.27 bits per heavy atom. The van der Waals surface area contributed by atoms with Gasteiger partial charge in [-0.05, 0) is 12.6 Å². The van der Waals surface area contributed by atoms with Gasteiger partial charge in [0.2, 0.25) is 0 Å². The van der Waals surface area contributed by atoms with Crippen molar-refractivity contribution in [2.75, 3.05) is 0 Å². The van der Waals surface area contributed by atoms with Gasteiger partial charge in [0.25, 0.3) is 0 Å². The summed E-state index contributed by atoms with van der Waals surface area (Å²) in [4.78, 5) is 0. The molecule has 64 valence electrons. The Kier molecular flexibility index (Phi) is 6.65. The molecule has 0 fully saturated rings. The number of hydrogen-bond acceptors (Lipinski definition) is 4. The lowest BCUT2D eigenvalue weighted by molar-refractivity contribution is 0.397. The van der Waals surface area contributed by atoms with Gasteiger partial charge in [-0.3, -0.25) is 0 Å². The third-order valence-electron chi connectivity index (χ3n) is 1.42. The Bertz CT molecular complexity index is 78.6. The Labute approximate surface area is 67.2 Å². The molecule has 6 heteroatoms. The van der Waals surface area contributed by atoms with E-state index in [1.807, 2.05) is 0 Å². The standard InChI is InChI=1S/C5H14B2O4/c8-6(9)4-2-1-3-5-7(10)11/h8-11H,1-5H2. The molecule has 0 saturated heterocycles. The van der Waals surface area contributed by atoms with E-state index in [0.717, 1.165) is 6.42 Å². The third-order valence-corrected chi connectivity index (χ3v) is 1.42. The molecule has 0 aliphatic heterocycles. The quantitative estimate of drug-likeness (QED) is 0.299. The van der Waals surface area contributed by atoms with Crippen molar-refractivity contribution in [3.63, 3.8) is 0 Å². The number of rotatable bonds is 6. The minimum atomic E-state index is -1.23. The fraction of sp³-hybridized carbons (Fsp3) is 1.00. The molecule has 0 rings (SSSR count). The second kappa shape index (κ2) is 6.67. The van der Waals surface area contributed by atoms with E-state index < -0.39 is 14.2 Å². The van der Waals surface area contributed by atoms with Gasteiger partial charge in [-0.2, -0.15) is 0 Å². The molecule has 4 nitrogen and oxygen atoms in total. The molecule has 0 aliphatic carbocycles. The maximum absolute atomic E-state index is 8.42. The molecule has 4 N–H and O–H groups in total. The van der Waals surface area contributed by atoms with Crippen LogP contribution in [0.2, 0.25) is 12.6 Å². The highest BCUT2D eigenvalue weighted by Crippen LogP contribution is 2.05. The molecule has 0 saturated carbocycles. The molecule has 0 aromatic rings. The maximum atomic E-state index is 8.42. The molecular weight excluding hydrogens is 146 g/mol. The Balaban J connectivity index is 2.91. The minimum absolute atomic E-state index is 0.363. The van der Waals surface area contributed by atoms with Crippen LogP contribution in [0.3, 0.4) is 0 Å². The average molecular weight is 160 g/mol. The summed E-state index contributed by atoms with van der Waals surface area (Å²) in [5, 5.41) is 33.7. The molecule has 0 heterocycles. The van der Waals surface area contributed by atoms with Crippen LogP contribution in [0.5, 0.6) is 0 Å². The van der Waals surface area contributed by atoms with E-state index in [4.69, 9.17) is 20.1 Å². The normalized spacial score (nSPS) is 9.82. The zero-order valence-corrected chi connectivity index (χ0v) is 6.48. The molecule has 0 aromatic carbocycles. The maximum Gasteiger partial charge on any atom is 0.451 e. The predicted octanol–water partition coefficient (Wildman–Crippen LogP) is -0.898. The first-order chi connectivity index (χ1) is 5.13. The van der Waals surface area contributed by atoms with Gasteiger partial charge in [-0.25, -0.2) is 0 Å². The van der Waals surface area contributed by atoms with Crippen molar-refractivity contribution < 1.29 is 20.1 Å². The van der Waals surface area contributed by atoms with Crippen molar-refractivity contribution >= 4 is 14.2 Å². The van der Waals surface area contributed by atoms with E-state index >= 15 is 0 Å². The molecule has 0 atom stereocenters. The van der Waals surface area contributed by atoms with Gasteiger partial charge in [-0.1, -0.05) is 19.3 Å². The van der Waals surface area contributed by atoms with Crippen LogP contribution in [0.1, 0.15) is 19.3 Å². The topological polar surface area (TPSA) is 80.9 Å². The van der Waals surface area contributed by atoms with Crippen LogP contribution in [0.4, 0.5) is 0 Å². The second-order valence-electron chi connectivity index (χ2n) is 2.60. The van der Waals surface area contributed by atoms with Gasteiger partial charge in [0.15, 0.2) is 0 Å². The van der Waals surface area contributed by atoms with E-state index in [9.17, 15) is 0 Å². The molecule has 0 aliphatic rings. The van der Waals surface area contributed by atoms with Crippen LogP contribution in [-0.2, 0) is 0 Å². The Morgan fingerprint density at radius 1 is 0.636 bits per heavy atom. The molecule has 0 radical (unpaired) electrons. The zero-order valence-electron chi connectivity index (χ0n) is 6.48. The van der Waals surface area contributed by atoms with E-state index in [-0.39, 0.29) is 0 Å². The predicted molar refractivity (Wildman–Crippen MR) is 43.8 cm³/mol. The summed E-state index contributed by atoms with van der Waals surface area (Å²) in [5.74, 6) is 0. The van der Waals surface area contributed by atoms with E-state index in [1.165, 1.54) is 0 Å². The molecule has 0 spiro atoms.